The van der Waals surface area contributed by atoms with Crippen LogP contribution in [0.3, 0.4) is 0 Å². The largest absolute Gasteiger partial charge is 0.508 e. The van der Waals surface area contributed by atoms with Crippen LogP contribution in [0.5, 0.6) is 11.5 Å². The van der Waals surface area contributed by atoms with Crippen LogP contribution in [0.25, 0.3) is 10.8 Å². The molecular weight excluding hydrogens is 262 g/mol. The molecule has 0 aliphatic heterocycles. The Balaban J connectivity index is 1.91. The van der Waals surface area contributed by atoms with Crippen molar-refractivity contribution in [2.75, 3.05) is 12.4 Å². The van der Waals surface area contributed by atoms with Crippen molar-refractivity contribution in [3.63, 3.8) is 0 Å². The van der Waals surface area contributed by atoms with Gasteiger partial charge in [-0.2, -0.15) is 0 Å². The van der Waals surface area contributed by atoms with E-state index in [-0.39, 0.29) is 5.75 Å². The zero-order chi connectivity index (χ0) is 14.7. The molecule has 3 rings (SSSR count). The Morgan fingerprint density at radius 1 is 0.952 bits per heavy atom. The van der Waals surface area contributed by atoms with Gasteiger partial charge in [-0.3, -0.25) is 0 Å². The van der Waals surface area contributed by atoms with Crippen LogP contribution < -0.4 is 10.1 Å². The van der Waals surface area contributed by atoms with Gasteiger partial charge < -0.3 is 15.2 Å². The molecule has 3 aromatic rings. The number of nitrogens with one attached hydrogen (secondary N) is 1. The molecule has 0 aliphatic carbocycles. The molecule has 0 amide bonds. The molecule has 3 nitrogen and oxygen atoms in total. The summed E-state index contributed by atoms with van der Waals surface area (Å²) in [6, 6.07) is 19.4. The van der Waals surface area contributed by atoms with Crippen LogP contribution in [0, 0.1) is 0 Å². The quantitative estimate of drug-likeness (QED) is 0.753. The Kier molecular flexibility index (Phi) is 3.65. The number of ether oxygens (including phenoxy) is 1. The molecule has 0 saturated carbocycles. The van der Waals surface area contributed by atoms with Crippen molar-refractivity contribution in [1.29, 1.82) is 0 Å². The molecule has 0 bridgehead atoms. The van der Waals surface area contributed by atoms with Gasteiger partial charge in [-0.25, -0.2) is 0 Å². The summed E-state index contributed by atoms with van der Waals surface area (Å²) in [6.07, 6.45) is 0. The minimum absolute atomic E-state index is 0.264. The predicted molar refractivity (Wildman–Crippen MR) is 85.9 cm³/mol. The van der Waals surface area contributed by atoms with Crippen LogP contribution in [-0.4, -0.2) is 12.2 Å². The van der Waals surface area contributed by atoms with Crippen LogP contribution >= 0.6 is 0 Å². The molecule has 0 aromatic heterocycles. The van der Waals surface area contributed by atoms with Crippen molar-refractivity contribution in [1.82, 2.24) is 0 Å². The summed E-state index contributed by atoms with van der Waals surface area (Å²) in [5.41, 5.74) is 2.09. The number of phenols is 1. The van der Waals surface area contributed by atoms with Crippen LogP contribution in [0.15, 0.2) is 60.7 Å². The lowest BCUT2D eigenvalue weighted by Gasteiger charge is -2.12. The van der Waals surface area contributed by atoms with Crippen LogP contribution in [0.2, 0.25) is 0 Å². The van der Waals surface area contributed by atoms with Gasteiger partial charge in [0.15, 0.2) is 0 Å². The highest BCUT2D eigenvalue weighted by Gasteiger charge is 2.05. The van der Waals surface area contributed by atoms with E-state index in [4.69, 9.17) is 4.74 Å². The van der Waals surface area contributed by atoms with Crippen molar-refractivity contribution in [3.8, 4) is 11.5 Å². The first-order valence-electron chi connectivity index (χ1n) is 6.85. The van der Waals surface area contributed by atoms with Crippen molar-refractivity contribution in [3.05, 3.63) is 66.2 Å². The molecule has 0 heterocycles. The standard InChI is InChI=1S/C18H17NO2/c1-21-18-10-9-13(16-7-2-3-8-17(16)18)12-19-14-5-4-6-15(20)11-14/h2-11,19-20H,12H2,1H3. The van der Waals surface area contributed by atoms with Gasteiger partial charge in [0.05, 0.1) is 7.11 Å². The smallest absolute Gasteiger partial charge is 0.126 e. The average molecular weight is 279 g/mol. The molecule has 106 valence electrons. The van der Waals surface area contributed by atoms with Crippen LogP contribution in [-0.2, 0) is 6.54 Å². The molecule has 0 radical (unpaired) electrons. The number of hydrogen-bond acceptors (Lipinski definition) is 3. The van der Waals surface area contributed by atoms with Crippen LogP contribution in [0.1, 0.15) is 5.56 Å². The molecule has 21 heavy (non-hydrogen) atoms. The fourth-order valence-electron chi connectivity index (χ4n) is 2.48. The summed E-state index contributed by atoms with van der Waals surface area (Å²) in [5, 5.41) is 15.1. The van der Waals surface area contributed by atoms with E-state index >= 15 is 0 Å². The molecule has 0 fully saturated rings. The molecule has 3 heteroatoms. The fraction of sp³-hybridized carbons (Fsp3) is 0.111. The summed E-state index contributed by atoms with van der Waals surface area (Å²) in [7, 11) is 1.69. The first kappa shape index (κ1) is 13.3. The third kappa shape index (κ3) is 2.77. The maximum atomic E-state index is 9.49. The normalized spacial score (nSPS) is 10.5. The second kappa shape index (κ2) is 5.75. The Hall–Kier alpha value is -2.68. The molecule has 0 spiro atoms. The van der Waals surface area contributed by atoms with Crippen molar-refractivity contribution >= 4 is 16.5 Å². The Bertz CT molecular complexity index is 768. The summed E-state index contributed by atoms with van der Waals surface area (Å²) in [5.74, 6) is 1.14. The van der Waals surface area contributed by atoms with Gasteiger partial charge in [-0.05, 0) is 29.1 Å². The summed E-state index contributed by atoms with van der Waals surface area (Å²) >= 11 is 0. The number of rotatable bonds is 4. The minimum atomic E-state index is 0.264. The first-order chi connectivity index (χ1) is 10.3. The van der Waals surface area contributed by atoms with E-state index in [1.807, 2.05) is 30.3 Å². The maximum absolute atomic E-state index is 9.49. The molecule has 0 unspecified atom stereocenters. The second-order valence-electron chi connectivity index (χ2n) is 4.88. The maximum Gasteiger partial charge on any atom is 0.126 e. The highest BCUT2D eigenvalue weighted by atomic mass is 16.5. The number of methoxy groups -OCH3 is 1. The van der Waals surface area contributed by atoms with Gasteiger partial charge in [-0.15, -0.1) is 0 Å². The lowest BCUT2D eigenvalue weighted by molar-refractivity contribution is 0.419. The third-order valence-electron chi connectivity index (χ3n) is 3.52. The zero-order valence-corrected chi connectivity index (χ0v) is 11.8. The Morgan fingerprint density at radius 3 is 2.52 bits per heavy atom. The van der Waals surface area contributed by atoms with Gasteiger partial charge in [-0.1, -0.05) is 36.4 Å². The first-order valence-corrected chi connectivity index (χ1v) is 6.85. The summed E-state index contributed by atoms with van der Waals surface area (Å²) in [4.78, 5) is 0. The molecule has 0 aliphatic rings. The molecule has 3 aromatic carbocycles. The number of fused-ring (bicyclic) bond motifs is 1. The van der Waals surface area contributed by atoms with E-state index in [1.165, 1.54) is 10.9 Å². The van der Waals surface area contributed by atoms with E-state index in [1.54, 1.807) is 19.2 Å². The van der Waals surface area contributed by atoms with Gasteiger partial charge >= 0.3 is 0 Å². The van der Waals surface area contributed by atoms with E-state index in [9.17, 15) is 5.11 Å². The summed E-state index contributed by atoms with van der Waals surface area (Å²) in [6.45, 7) is 0.688. The zero-order valence-electron chi connectivity index (χ0n) is 11.8. The van der Waals surface area contributed by atoms with Crippen molar-refractivity contribution in [2.24, 2.45) is 0 Å². The highest BCUT2D eigenvalue weighted by Crippen LogP contribution is 2.29. The molecule has 2 N–H and O–H groups in total. The summed E-state index contributed by atoms with van der Waals surface area (Å²) < 4.78 is 5.41. The number of aromatic hydroxyl groups is 1. The van der Waals surface area contributed by atoms with E-state index < -0.39 is 0 Å². The average Bonchev–Trinajstić information content (AvgIpc) is 2.52. The lowest BCUT2D eigenvalue weighted by Crippen LogP contribution is -2.00. The molecule has 0 saturated heterocycles. The minimum Gasteiger partial charge on any atom is -0.508 e. The number of benzene rings is 3. The monoisotopic (exact) mass is 279 g/mol. The van der Waals surface area contributed by atoms with Gasteiger partial charge in [0.25, 0.3) is 0 Å². The van der Waals surface area contributed by atoms with Crippen molar-refractivity contribution in [2.45, 2.75) is 6.54 Å². The van der Waals surface area contributed by atoms with Gasteiger partial charge in [0, 0.05) is 23.7 Å². The highest BCUT2D eigenvalue weighted by molar-refractivity contribution is 5.91. The van der Waals surface area contributed by atoms with Crippen molar-refractivity contribution < 1.29 is 9.84 Å². The lowest BCUT2D eigenvalue weighted by atomic mass is 10.0. The number of hydrogen-bond donors (Lipinski definition) is 2. The topological polar surface area (TPSA) is 41.5 Å². The Labute approximate surface area is 123 Å². The van der Waals surface area contributed by atoms with Gasteiger partial charge in [0.1, 0.15) is 11.5 Å². The second-order valence-corrected chi connectivity index (χ2v) is 4.88. The Morgan fingerprint density at radius 2 is 1.76 bits per heavy atom. The predicted octanol–water partition coefficient (Wildman–Crippen LogP) is 4.17. The number of phenolic OH excluding ortho intramolecular Hbond substituents is 1. The van der Waals surface area contributed by atoms with E-state index in [0.29, 0.717) is 6.54 Å². The fourth-order valence-corrected chi connectivity index (χ4v) is 2.48. The van der Waals surface area contributed by atoms with E-state index in [2.05, 4.69) is 23.5 Å². The molecule has 0 atom stereocenters. The van der Waals surface area contributed by atoms with Gasteiger partial charge in [0.2, 0.25) is 0 Å². The van der Waals surface area contributed by atoms with Crippen LogP contribution in [0.4, 0.5) is 5.69 Å². The SMILES string of the molecule is COc1ccc(CNc2cccc(O)c2)c2ccccc12. The molecular formula is C18H17NO2. The number of anilines is 1. The third-order valence-corrected chi connectivity index (χ3v) is 3.52. The van der Waals surface area contributed by atoms with E-state index in [0.717, 1.165) is 16.8 Å².